The van der Waals surface area contributed by atoms with Gasteiger partial charge in [0.1, 0.15) is 24.2 Å². The fourth-order valence-electron chi connectivity index (χ4n) is 4.65. The van der Waals surface area contributed by atoms with Crippen molar-refractivity contribution in [2.24, 2.45) is 0 Å². The number of esters is 2. The Labute approximate surface area is 306 Å². The van der Waals surface area contributed by atoms with Gasteiger partial charge in [0.05, 0.1) is 62.0 Å². The van der Waals surface area contributed by atoms with E-state index in [1.165, 1.54) is 63.3 Å². The Bertz CT molecular complexity index is 2010. The van der Waals surface area contributed by atoms with E-state index in [2.05, 4.69) is 9.97 Å². The van der Waals surface area contributed by atoms with Crippen LogP contribution in [0.15, 0.2) is 85.7 Å². The number of ether oxygens (including phenoxy) is 6. The number of alkyl halides is 2. The maximum atomic E-state index is 14.3. The zero-order chi connectivity index (χ0) is 37.0. The summed E-state index contributed by atoms with van der Waals surface area (Å²) in [5.74, 6) is -0.0718. The second-order valence-electron chi connectivity index (χ2n) is 10.7. The van der Waals surface area contributed by atoms with Gasteiger partial charge in [-0.2, -0.15) is 0 Å². The average Bonchev–Trinajstić information content (AvgIpc) is 3.84. The summed E-state index contributed by atoms with van der Waals surface area (Å²) in [6.45, 7) is 0.806. The number of nitrogens with zero attached hydrogens (tertiary/aromatic N) is 4. The molecule has 0 amide bonds. The predicted octanol–water partition coefficient (Wildman–Crippen LogP) is 8.12. The molecule has 0 aliphatic rings. The summed E-state index contributed by atoms with van der Waals surface area (Å²) >= 11 is 11.2. The molecule has 16 heteroatoms. The molecular formula is C36H32Cl2F2N4O8. The minimum absolute atomic E-state index is 0.00768. The summed E-state index contributed by atoms with van der Waals surface area (Å²) in [7, 11) is 2.57. The summed E-state index contributed by atoms with van der Waals surface area (Å²) in [5, 5.41) is 0. The fourth-order valence-corrected chi connectivity index (χ4v) is 4.87. The van der Waals surface area contributed by atoms with Gasteiger partial charge in [-0.1, -0.05) is 0 Å². The van der Waals surface area contributed by atoms with E-state index >= 15 is 0 Å². The molecule has 272 valence electrons. The van der Waals surface area contributed by atoms with Crippen LogP contribution < -0.4 is 18.9 Å². The maximum absolute atomic E-state index is 14.3. The SMILES string of the molecule is COC(=O)c1cc(Oc2ccc(OCCCCl)cc2F)n2cncc2c1.COC(=O)c1cc(Oc2ccc(OCCCCl)cc2F)n2cncc2c1. The quantitative estimate of drug-likeness (QED) is 0.0612. The highest BCUT2D eigenvalue weighted by atomic mass is 35.5. The number of benzene rings is 2. The molecule has 6 rings (SSSR count). The molecule has 0 aliphatic heterocycles. The van der Waals surface area contributed by atoms with Crippen LogP contribution in [0.4, 0.5) is 8.78 Å². The third kappa shape index (κ3) is 9.38. The maximum Gasteiger partial charge on any atom is 0.338 e. The second kappa shape index (κ2) is 18.1. The number of halogens is 4. The lowest BCUT2D eigenvalue weighted by atomic mass is 10.2. The van der Waals surface area contributed by atoms with Crippen molar-refractivity contribution in [1.29, 1.82) is 0 Å². The molecular weight excluding hydrogens is 725 g/mol. The smallest absolute Gasteiger partial charge is 0.338 e. The van der Waals surface area contributed by atoms with Crippen LogP contribution in [0.2, 0.25) is 0 Å². The Hall–Kier alpha value is -5.60. The van der Waals surface area contributed by atoms with Crippen LogP contribution in [-0.2, 0) is 9.47 Å². The third-order valence-corrected chi connectivity index (χ3v) is 7.68. The van der Waals surface area contributed by atoms with Crippen LogP contribution in [0.25, 0.3) is 11.0 Å². The van der Waals surface area contributed by atoms with Crippen molar-refractivity contribution in [3.05, 3.63) is 108 Å². The fraction of sp³-hybridized carbons (Fsp3) is 0.222. The van der Waals surface area contributed by atoms with Crippen LogP contribution in [-0.4, -0.2) is 69.9 Å². The van der Waals surface area contributed by atoms with Crippen molar-refractivity contribution in [3.63, 3.8) is 0 Å². The largest absolute Gasteiger partial charge is 0.493 e. The van der Waals surface area contributed by atoms with Gasteiger partial charge in [0.15, 0.2) is 23.1 Å². The first-order chi connectivity index (χ1) is 25.2. The van der Waals surface area contributed by atoms with E-state index in [-0.39, 0.29) is 34.4 Å². The van der Waals surface area contributed by atoms with E-state index in [1.807, 2.05) is 0 Å². The zero-order valence-corrected chi connectivity index (χ0v) is 29.4. The van der Waals surface area contributed by atoms with Crippen molar-refractivity contribution in [3.8, 4) is 34.8 Å². The summed E-state index contributed by atoms with van der Waals surface area (Å²) in [5.41, 5.74) is 1.78. The van der Waals surface area contributed by atoms with Gasteiger partial charge in [-0.3, -0.25) is 8.80 Å². The van der Waals surface area contributed by atoms with Gasteiger partial charge in [0, 0.05) is 36.0 Å². The molecule has 0 N–H and O–H groups in total. The molecule has 4 heterocycles. The minimum Gasteiger partial charge on any atom is -0.493 e. The molecule has 0 spiro atoms. The standard InChI is InChI=1S/2C18H16ClFN2O4/c2*1-24-18(23)12-7-13-10-21-11-22(13)17(8-12)26-16-4-3-14(9-15(16)20)25-6-2-5-19/h2*3-4,7-11H,2,5-6H2,1H3. The summed E-state index contributed by atoms with van der Waals surface area (Å²) in [4.78, 5) is 31.7. The second-order valence-corrected chi connectivity index (χ2v) is 11.5. The number of hydrogen-bond donors (Lipinski definition) is 0. The molecule has 0 radical (unpaired) electrons. The van der Waals surface area contributed by atoms with Gasteiger partial charge in [0.25, 0.3) is 0 Å². The topological polar surface area (TPSA) is 124 Å². The number of pyridine rings is 2. The van der Waals surface area contributed by atoms with Crippen molar-refractivity contribution in [1.82, 2.24) is 18.8 Å². The molecule has 6 aromatic rings. The highest BCUT2D eigenvalue weighted by Crippen LogP contribution is 2.31. The molecule has 0 atom stereocenters. The van der Waals surface area contributed by atoms with Crippen molar-refractivity contribution >= 4 is 46.2 Å². The highest BCUT2D eigenvalue weighted by Gasteiger charge is 2.16. The Morgan fingerprint density at radius 2 is 1.08 bits per heavy atom. The average molecular weight is 758 g/mol. The number of fused-ring (bicyclic) bond motifs is 2. The van der Waals surface area contributed by atoms with E-state index < -0.39 is 23.6 Å². The van der Waals surface area contributed by atoms with Gasteiger partial charge in [-0.05, 0) is 49.2 Å². The van der Waals surface area contributed by atoms with Crippen LogP contribution in [0, 0.1) is 11.6 Å². The van der Waals surface area contributed by atoms with Crippen LogP contribution >= 0.6 is 23.2 Å². The van der Waals surface area contributed by atoms with Crippen molar-refractivity contribution in [2.45, 2.75) is 12.8 Å². The number of carbonyl (C=O) groups excluding carboxylic acids is 2. The molecule has 0 unspecified atom stereocenters. The van der Waals surface area contributed by atoms with Gasteiger partial charge in [-0.15, -0.1) is 23.2 Å². The van der Waals surface area contributed by atoms with Gasteiger partial charge in [0.2, 0.25) is 11.8 Å². The van der Waals surface area contributed by atoms with Crippen LogP contribution in [0.3, 0.4) is 0 Å². The lowest BCUT2D eigenvalue weighted by Crippen LogP contribution is -2.04. The normalized spacial score (nSPS) is 10.7. The van der Waals surface area contributed by atoms with E-state index in [9.17, 15) is 18.4 Å². The number of aromatic nitrogens is 4. The third-order valence-electron chi connectivity index (χ3n) is 7.15. The minimum atomic E-state index is -0.592. The molecule has 0 saturated heterocycles. The number of methoxy groups -OCH3 is 2. The number of rotatable bonds is 14. The van der Waals surface area contributed by atoms with Crippen LogP contribution in [0.1, 0.15) is 33.6 Å². The van der Waals surface area contributed by atoms with Crippen molar-refractivity contribution in [2.75, 3.05) is 39.2 Å². The molecule has 2 aromatic carbocycles. The van der Waals surface area contributed by atoms with Crippen LogP contribution in [0.5, 0.6) is 34.8 Å². The Kier molecular flexibility index (Phi) is 13.1. The number of carbonyl (C=O) groups is 2. The molecule has 0 aliphatic carbocycles. The highest BCUT2D eigenvalue weighted by molar-refractivity contribution is 6.18. The number of hydrogen-bond acceptors (Lipinski definition) is 10. The molecule has 52 heavy (non-hydrogen) atoms. The van der Waals surface area contributed by atoms with Gasteiger partial charge >= 0.3 is 11.9 Å². The summed E-state index contributed by atoms with van der Waals surface area (Å²) < 4.78 is 63.5. The lowest BCUT2D eigenvalue weighted by molar-refractivity contribution is 0.0591. The molecule has 0 bridgehead atoms. The Morgan fingerprint density at radius 3 is 1.44 bits per heavy atom. The monoisotopic (exact) mass is 756 g/mol. The lowest BCUT2D eigenvalue weighted by Gasteiger charge is -2.12. The Balaban J connectivity index is 0.000000201. The molecule has 0 saturated carbocycles. The van der Waals surface area contributed by atoms with Gasteiger partial charge in [-0.25, -0.2) is 28.3 Å². The molecule has 0 fully saturated rings. The molecule has 4 aromatic heterocycles. The van der Waals surface area contributed by atoms with E-state index in [0.717, 1.165) is 0 Å². The Morgan fingerprint density at radius 1 is 0.654 bits per heavy atom. The van der Waals surface area contributed by atoms with E-state index in [1.54, 1.807) is 45.5 Å². The predicted molar refractivity (Wildman–Crippen MR) is 188 cm³/mol. The van der Waals surface area contributed by atoms with E-state index in [0.29, 0.717) is 60.3 Å². The summed E-state index contributed by atoms with van der Waals surface area (Å²) in [6.07, 6.45) is 7.47. The van der Waals surface area contributed by atoms with Gasteiger partial charge < -0.3 is 28.4 Å². The first kappa shape index (κ1) is 37.7. The van der Waals surface area contributed by atoms with Crippen molar-refractivity contribution < 1.29 is 46.8 Å². The number of imidazole rings is 2. The summed E-state index contributed by atoms with van der Waals surface area (Å²) in [6, 6.07) is 14.7. The van der Waals surface area contributed by atoms with E-state index in [4.69, 9.17) is 51.6 Å². The first-order valence-electron chi connectivity index (χ1n) is 15.7. The first-order valence-corrected chi connectivity index (χ1v) is 16.7. The zero-order valence-electron chi connectivity index (χ0n) is 27.9. The molecule has 12 nitrogen and oxygen atoms in total.